The number of hydrogen-bond acceptors (Lipinski definition) is 6. The van der Waals surface area contributed by atoms with Crippen LogP contribution in [0.25, 0.3) is 0 Å². The zero-order valence-corrected chi connectivity index (χ0v) is 16.8. The van der Waals surface area contributed by atoms with Crippen molar-refractivity contribution in [3.8, 4) is 11.5 Å². The van der Waals surface area contributed by atoms with Crippen LogP contribution in [0, 0.1) is 0 Å². The number of carbonyl (C=O) groups excluding carboxylic acids is 1. The minimum atomic E-state index is -3.49. The standard InChI is InChI=1S/C18H22N2O5S2/c1-24-15-10-13(11-16(12-15)25-2)18(21)20-7-5-14(6-8-20)19-27(22,23)17-4-3-9-26-17/h3-4,9-12,14,19H,5-8H2,1-2H3. The first-order chi connectivity index (χ1) is 12.9. The molecule has 1 amide bonds. The molecule has 1 fully saturated rings. The Morgan fingerprint density at radius 2 is 1.78 bits per heavy atom. The van der Waals surface area contributed by atoms with Gasteiger partial charge in [-0.05, 0) is 36.4 Å². The van der Waals surface area contributed by atoms with E-state index in [4.69, 9.17) is 9.47 Å². The van der Waals surface area contributed by atoms with Gasteiger partial charge < -0.3 is 14.4 Å². The molecule has 27 heavy (non-hydrogen) atoms. The third-order valence-corrected chi connectivity index (χ3v) is 7.38. The van der Waals surface area contributed by atoms with E-state index < -0.39 is 10.0 Å². The number of likely N-dealkylation sites (tertiary alicyclic amines) is 1. The lowest BCUT2D eigenvalue weighted by molar-refractivity contribution is 0.0710. The fourth-order valence-corrected chi connectivity index (χ4v) is 5.32. The van der Waals surface area contributed by atoms with Gasteiger partial charge in [-0.15, -0.1) is 11.3 Å². The van der Waals surface area contributed by atoms with Crippen LogP contribution in [0.1, 0.15) is 23.2 Å². The first-order valence-corrected chi connectivity index (χ1v) is 10.9. The smallest absolute Gasteiger partial charge is 0.254 e. The van der Waals surface area contributed by atoms with Crippen LogP contribution >= 0.6 is 11.3 Å². The average Bonchev–Trinajstić information content (AvgIpc) is 3.23. The predicted molar refractivity (Wildman–Crippen MR) is 103 cm³/mol. The Morgan fingerprint density at radius 1 is 1.15 bits per heavy atom. The Morgan fingerprint density at radius 3 is 2.30 bits per heavy atom. The number of carbonyl (C=O) groups is 1. The number of ether oxygens (including phenoxy) is 2. The fraction of sp³-hybridized carbons (Fsp3) is 0.389. The molecule has 1 aromatic heterocycles. The normalized spacial score (nSPS) is 15.6. The van der Waals surface area contributed by atoms with Gasteiger partial charge in [0, 0.05) is 30.8 Å². The molecule has 1 aliphatic rings. The van der Waals surface area contributed by atoms with E-state index in [1.807, 2.05) is 0 Å². The second-order valence-electron chi connectivity index (χ2n) is 6.22. The van der Waals surface area contributed by atoms with Crippen molar-refractivity contribution in [3.63, 3.8) is 0 Å². The highest BCUT2D eigenvalue weighted by atomic mass is 32.2. The third-order valence-electron chi connectivity index (χ3n) is 4.46. The van der Waals surface area contributed by atoms with Crippen LogP contribution in [0.3, 0.4) is 0 Å². The molecule has 1 N–H and O–H groups in total. The number of benzene rings is 1. The van der Waals surface area contributed by atoms with Crippen molar-refractivity contribution in [2.45, 2.75) is 23.1 Å². The molecule has 0 unspecified atom stereocenters. The van der Waals surface area contributed by atoms with Gasteiger partial charge in [0.05, 0.1) is 14.2 Å². The Labute approximate surface area is 163 Å². The summed E-state index contributed by atoms with van der Waals surface area (Å²) < 4.78 is 38.1. The lowest BCUT2D eigenvalue weighted by Gasteiger charge is -2.32. The Kier molecular flexibility index (Phi) is 6.03. The molecular formula is C18H22N2O5S2. The highest BCUT2D eigenvalue weighted by molar-refractivity contribution is 7.91. The van der Waals surface area contributed by atoms with E-state index in [2.05, 4.69) is 4.72 Å². The minimum absolute atomic E-state index is 0.119. The molecule has 1 aromatic carbocycles. The Hall–Kier alpha value is -2.10. The molecule has 7 nitrogen and oxygen atoms in total. The van der Waals surface area contributed by atoms with Crippen molar-refractivity contribution in [1.82, 2.24) is 9.62 Å². The predicted octanol–water partition coefficient (Wildman–Crippen LogP) is 2.35. The summed E-state index contributed by atoms with van der Waals surface area (Å²) in [6.07, 6.45) is 1.13. The summed E-state index contributed by atoms with van der Waals surface area (Å²) in [6, 6.07) is 8.18. The molecule has 146 valence electrons. The topological polar surface area (TPSA) is 84.9 Å². The molecule has 3 rings (SSSR count). The summed E-state index contributed by atoms with van der Waals surface area (Å²) in [5.41, 5.74) is 0.490. The van der Waals surface area contributed by atoms with Crippen molar-refractivity contribution in [2.75, 3.05) is 27.3 Å². The molecule has 0 spiro atoms. The summed E-state index contributed by atoms with van der Waals surface area (Å²) in [5, 5.41) is 1.73. The van der Waals surface area contributed by atoms with E-state index in [0.29, 0.717) is 47.2 Å². The van der Waals surface area contributed by atoms with E-state index in [0.717, 1.165) is 0 Å². The maximum atomic E-state index is 12.8. The van der Waals surface area contributed by atoms with Crippen molar-refractivity contribution >= 4 is 27.3 Å². The second kappa shape index (κ2) is 8.28. The van der Waals surface area contributed by atoms with Crippen LogP contribution in [0.2, 0.25) is 0 Å². The van der Waals surface area contributed by atoms with Gasteiger partial charge in [-0.25, -0.2) is 13.1 Å². The Bertz CT molecular complexity index is 866. The molecule has 0 bridgehead atoms. The maximum Gasteiger partial charge on any atom is 0.254 e. The van der Waals surface area contributed by atoms with Crippen LogP contribution in [0.15, 0.2) is 39.9 Å². The number of nitrogens with one attached hydrogen (secondary N) is 1. The summed E-state index contributed by atoms with van der Waals surface area (Å²) in [6.45, 7) is 0.964. The Balaban J connectivity index is 1.63. The molecule has 1 aliphatic heterocycles. The number of sulfonamides is 1. The largest absolute Gasteiger partial charge is 0.497 e. The van der Waals surface area contributed by atoms with Crippen molar-refractivity contribution in [1.29, 1.82) is 0 Å². The number of hydrogen-bond donors (Lipinski definition) is 1. The summed E-state index contributed by atoms with van der Waals surface area (Å²) >= 11 is 1.19. The molecular weight excluding hydrogens is 388 g/mol. The number of methoxy groups -OCH3 is 2. The lowest BCUT2D eigenvalue weighted by Crippen LogP contribution is -2.46. The van der Waals surface area contributed by atoms with E-state index >= 15 is 0 Å². The molecule has 0 radical (unpaired) electrons. The van der Waals surface area contributed by atoms with Crippen LogP contribution < -0.4 is 14.2 Å². The summed E-state index contributed by atoms with van der Waals surface area (Å²) in [4.78, 5) is 14.5. The van der Waals surface area contributed by atoms with Gasteiger partial charge >= 0.3 is 0 Å². The van der Waals surface area contributed by atoms with Crippen LogP contribution in [0.4, 0.5) is 0 Å². The monoisotopic (exact) mass is 410 g/mol. The van der Waals surface area contributed by atoms with Crippen molar-refractivity contribution < 1.29 is 22.7 Å². The van der Waals surface area contributed by atoms with E-state index in [-0.39, 0.29) is 11.9 Å². The highest BCUT2D eigenvalue weighted by Gasteiger charge is 2.28. The minimum Gasteiger partial charge on any atom is -0.497 e. The van der Waals surface area contributed by atoms with Gasteiger partial charge in [-0.1, -0.05) is 6.07 Å². The lowest BCUT2D eigenvalue weighted by atomic mass is 10.0. The third kappa shape index (κ3) is 4.60. The number of nitrogens with zero attached hydrogens (tertiary/aromatic N) is 1. The molecule has 9 heteroatoms. The number of amides is 1. The van der Waals surface area contributed by atoms with Crippen LogP contribution in [-0.4, -0.2) is 52.6 Å². The molecule has 2 aromatic rings. The fourth-order valence-electron chi connectivity index (χ4n) is 3.01. The van der Waals surface area contributed by atoms with E-state index in [9.17, 15) is 13.2 Å². The van der Waals surface area contributed by atoms with E-state index in [1.54, 1.807) is 40.6 Å². The zero-order chi connectivity index (χ0) is 19.4. The van der Waals surface area contributed by atoms with Crippen LogP contribution in [-0.2, 0) is 10.0 Å². The second-order valence-corrected chi connectivity index (χ2v) is 9.11. The SMILES string of the molecule is COc1cc(OC)cc(C(=O)N2CCC(NS(=O)(=O)c3cccs3)CC2)c1. The molecule has 1 saturated heterocycles. The summed E-state index contributed by atoms with van der Waals surface area (Å²) in [7, 11) is -0.421. The van der Waals surface area contributed by atoms with Crippen molar-refractivity contribution in [3.05, 3.63) is 41.3 Å². The number of rotatable bonds is 6. The van der Waals surface area contributed by atoms with Gasteiger partial charge in [-0.2, -0.15) is 0 Å². The average molecular weight is 411 g/mol. The van der Waals surface area contributed by atoms with Gasteiger partial charge in [-0.3, -0.25) is 4.79 Å². The number of piperidine rings is 1. The van der Waals surface area contributed by atoms with Gasteiger partial charge in [0.15, 0.2) is 0 Å². The van der Waals surface area contributed by atoms with Gasteiger partial charge in [0.2, 0.25) is 10.0 Å². The number of thiophene rings is 1. The zero-order valence-electron chi connectivity index (χ0n) is 15.2. The quantitative estimate of drug-likeness (QED) is 0.790. The summed E-state index contributed by atoms with van der Waals surface area (Å²) in [5.74, 6) is 0.986. The maximum absolute atomic E-state index is 12.8. The molecule has 0 atom stereocenters. The first-order valence-electron chi connectivity index (χ1n) is 8.51. The molecule has 2 heterocycles. The highest BCUT2D eigenvalue weighted by Crippen LogP contribution is 2.25. The van der Waals surface area contributed by atoms with Gasteiger partial charge in [0.25, 0.3) is 5.91 Å². The first kappa shape index (κ1) is 19.7. The molecule has 0 saturated carbocycles. The van der Waals surface area contributed by atoms with E-state index in [1.165, 1.54) is 25.6 Å². The van der Waals surface area contributed by atoms with Crippen LogP contribution in [0.5, 0.6) is 11.5 Å². The molecule has 0 aliphatic carbocycles. The van der Waals surface area contributed by atoms with Crippen molar-refractivity contribution in [2.24, 2.45) is 0 Å². The van der Waals surface area contributed by atoms with Gasteiger partial charge in [0.1, 0.15) is 15.7 Å².